The minimum absolute atomic E-state index is 0.113. The highest BCUT2D eigenvalue weighted by atomic mass is 35.5. The van der Waals surface area contributed by atoms with Gasteiger partial charge in [-0.05, 0) is 92.3 Å². The maximum absolute atomic E-state index is 6.41. The summed E-state index contributed by atoms with van der Waals surface area (Å²) in [5.41, 5.74) is 7.31. The van der Waals surface area contributed by atoms with Crippen LogP contribution in [-0.2, 0) is 0 Å². The van der Waals surface area contributed by atoms with Crippen LogP contribution < -0.4 is 19.9 Å². The summed E-state index contributed by atoms with van der Waals surface area (Å²) in [6.45, 7) is 4.23. The van der Waals surface area contributed by atoms with Crippen LogP contribution in [-0.4, -0.2) is 35.9 Å². The molecular formula is C29H30ClN5OS. The third kappa shape index (κ3) is 4.54. The molecule has 0 unspecified atom stereocenters. The number of aromatic nitrogens is 2. The summed E-state index contributed by atoms with van der Waals surface area (Å²) in [7, 11) is 5.75. The molecule has 2 aromatic heterocycles. The number of ether oxygens (including phenoxy) is 1. The fourth-order valence-corrected chi connectivity index (χ4v) is 5.67. The number of aryl methyl sites for hydroxylation is 1. The standard InChI is InChI=1S/C29H30ClN5OS/c1-18-16-23(19(2)34(18)25-17-20(30)9-14-26(25)36-5)28-27(24-8-6-7-15-31-24)32-29(37)35(28)22-12-10-21(11-13-22)33(3)4/h6-17,27-28H,1-5H3,(H,32,37)/t27-,28-/m0/s1. The van der Waals surface area contributed by atoms with E-state index in [1.807, 2.05) is 56.7 Å². The predicted molar refractivity (Wildman–Crippen MR) is 156 cm³/mol. The van der Waals surface area contributed by atoms with Crippen LogP contribution in [0.1, 0.15) is 34.7 Å². The van der Waals surface area contributed by atoms with Gasteiger partial charge in [-0.2, -0.15) is 0 Å². The Morgan fingerprint density at radius 3 is 2.43 bits per heavy atom. The average Bonchev–Trinajstić information content (AvgIpc) is 3.39. The summed E-state index contributed by atoms with van der Waals surface area (Å²) in [4.78, 5) is 8.98. The predicted octanol–water partition coefficient (Wildman–Crippen LogP) is 6.39. The molecule has 4 aromatic rings. The number of methoxy groups -OCH3 is 1. The second kappa shape index (κ2) is 10.1. The number of rotatable bonds is 6. The van der Waals surface area contributed by atoms with Gasteiger partial charge in [0.15, 0.2) is 5.11 Å². The van der Waals surface area contributed by atoms with Crippen LogP contribution in [0, 0.1) is 13.8 Å². The second-order valence-electron chi connectivity index (χ2n) is 9.39. The van der Waals surface area contributed by atoms with Crippen molar-refractivity contribution in [2.45, 2.75) is 25.9 Å². The normalized spacial score (nSPS) is 17.1. The monoisotopic (exact) mass is 531 g/mol. The first-order chi connectivity index (χ1) is 17.8. The van der Waals surface area contributed by atoms with Gasteiger partial charge in [0.05, 0.1) is 30.6 Å². The van der Waals surface area contributed by atoms with E-state index in [4.69, 9.17) is 33.5 Å². The molecular weight excluding hydrogens is 502 g/mol. The van der Waals surface area contributed by atoms with Crippen molar-refractivity contribution in [1.29, 1.82) is 0 Å². The molecule has 1 aliphatic rings. The Labute approximate surface area is 228 Å². The summed E-state index contributed by atoms with van der Waals surface area (Å²) < 4.78 is 7.89. The molecule has 0 amide bonds. The van der Waals surface area contributed by atoms with Crippen molar-refractivity contribution < 1.29 is 4.74 Å². The molecule has 2 aromatic carbocycles. The van der Waals surface area contributed by atoms with E-state index >= 15 is 0 Å². The van der Waals surface area contributed by atoms with Crippen molar-refractivity contribution in [3.05, 3.63) is 101 Å². The zero-order chi connectivity index (χ0) is 26.3. The average molecular weight is 532 g/mol. The molecule has 1 saturated heterocycles. The van der Waals surface area contributed by atoms with Crippen LogP contribution in [0.15, 0.2) is 72.9 Å². The van der Waals surface area contributed by atoms with E-state index in [0.717, 1.165) is 45.5 Å². The number of hydrogen-bond donors (Lipinski definition) is 1. The topological polar surface area (TPSA) is 45.6 Å². The first-order valence-corrected chi connectivity index (χ1v) is 12.9. The van der Waals surface area contributed by atoms with Crippen molar-refractivity contribution in [3.63, 3.8) is 0 Å². The van der Waals surface area contributed by atoms with Gasteiger partial charge in [0.2, 0.25) is 0 Å². The van der Waals surface area contributed by atoms with Gasteiger partial charge >= 0.3 is 0 Å². The van der Waals surface area contributed by atoms with Gasteiger partial charge in [0, 0.05) is 48.1 Å². The largest absolute Gasteiger partial charge is 0.495 e. The lowest BCUT2D eigenvalue weighted by molar-refractivity contribution is 0.412. The molecule has 0 saturated carbocycles. The first kappa shape index (κ1) is 25.1. The van der Waals surface area contributed by atoms with Gasteiger partial charge < -0.3 is 24.4 Å². The molecule has 0 aliphatic carbocycles. The summed E-state index contributed by atoms with van der Waals surface area (Å²) in [5.74, 6) is 0.759. The Bertz CT molecular complexity index is 1430. The van der Waals surface area contributed by atoms with Crippen molar-refractivity contribution in [1.82, 2.24) is 14.9 Å². The third-order valence-corrected chi connectivity index (χ3v) is 7.46. The zero-order valence-electron chi connectivity index (χ0n) is 21.6. The lowest BCUT2D eigenvalue weighted by atomic mass is 9.96. The molecule has 1 fully saturated rings. The third-order valence-electron chi connectivity index (χ3n) is 6.91. The van der Waals surface area contributed by atoms with E-state index in [1.54, 1.807) is 7.11 Å². The minimum atomic E-state index is -0.127. The fraction of sp³-hybridized carbons (Fsp3) is 0.241. The van der Waals surface area contributed by atoms with Crippen LogP contribution in [0.4, 0.5) is 11.4 Å². The lowest BCUT2D eigenvalue weighted by Gasteiger charge is -2.28. The molecule has 37 heavy (non-hydrogen) atoms. The van der Waals surface area contributed by atoms with Crippen LogP contribution in [0.3, 0.4) is 0 Å². The van der Waals surface area contributed by atoms with Gasteiger partial charge in [0.1, 0.15) is 5.75 Å². The maximum atomic E-state index is 6.41. The number of halogens is 1. The highest BCUT2D eigenvalue weighted by Crippen LogP contribution is 2.44. The number of pyridine rings is 1. The Morgan fingerprint density at radius 1 is 1.03 bits per heavy atom. The molecule has 1 aliphatic heterocycles. The summed E-state index contributed by atoms with van der Waals surface area (Å²) in [6.07, 6.45) is 1.83. The molecule has 190 valence electrons. The number of nitrogens with one attached hydrogen (secondary N) is 1. The molecule has 2 atom stereocenters. The summed E-state index contributed by atoms with van der Waals surface area (Å²) in [5, 5.41) is 4.89. The molecule has 6 nitrogen and oxygen atoms in total. The smallest absolute Gasteiger partial charge is 0.174 e. The van der Waals surface area contributed by atoms with Crippen molar-refractivity contribution in [2.75, 3.05) is 31.0 Å². The fourth-order valence-electron chi connectivity index (χ4n) is 5.16. The van der Waals surface area contributed by atoms with Crippen LogP contribution >= 0.6 is 23.8 Å². The highest BCUT2D eigenvalue weighted by molar-refractivity contribution is 7.80. The quantitative estimate of drug-likeness (QED) is 0.291. The van der Waals surface area contributed by atoms with Crippen molar-refractivity contribution in [2.24, 2.45) is 0 Å². The SMILES string of the molecule is COc1ccc(Cl)cc1-n1c(C)cc([C@H]2[C@H](c3ccccn3)NC(=S)N2c2ccc(N(C)C)cc2)c1C. The van der Waals surface area contributed by atoms with Crippen LogP contribution in [0.2, 0.25) is 5.02 Å². The van der Waals surface area contributed by atoms with Gasteiger partial charge in [-0.3, -0.25) is 4.98 Å². The first-order valence-electron chi connectivity index (χ1n) is 12.1. The van der Waals surface area contributed by atoms with E-state index in [2.05, 4.69) is 63.9 Å². The summed E-state index contributed by atoms with van der Waals surface area (Å²) in [6, 6.07) is 22.1. The van der Waals surface area contributed by atoms with Gasteiger partial charge in [-0.15, -0.1) is 0 Å². The highest BCUT2D eigenvalue weighted by Gasteiger charge is 2.42. The molecule has 8 heteroatoms. The van der Waals surface area contributed by atoms with E-state index in [9.17, 15) is 0 Å². The Hall–Kier alpha value is -3.55. The molecule has 0 bridgehead atoms. The van der Waals surface area contributed by atoms with E-state index in [-0.39, 0.29) is 12.1 Å². The van der Waals surface area contributed by atoms with Crippen LogP contribution in [0.5, 0.6) is 5.75 Å². The second-order valence-corrected chi connectivity index (χ2v) is 10.2. The Morgan fingerprint density at radius 2 is 1.78 bits per heavy atom. The Kier molecular flexibility index (Phi) is 6.84. The number of benzene rings is 2. The number of anilines is 2. The Balaban J connectivity index is 1.68. The van der Waals surface area contributed by atoms with Gasteiger partial charge in [-0.25, -0.2) is 0 Å². The maximum Gasteiger partial charge on any atom is 0.174 e. The molecule has 0 spiro atoms. The molecule has 3 heterocycles. The number of hydrogen-bond acceptors (Lipinski definition) is 4. The van der Waals surface area contributed by atoms with E-state index in [1.165, 1.54) is 0 Å². The lowest BCUT2D eigenvalue weighted by Crippen LogP contribution is -2.29. The van der Waals surface area contributed by atoms with Gasteiger partial charge in [-0.1, -0.05) is 17.7 Å². The van der Waals surface area contributed by atoms with E-state index in [0.29, 0.717) is 10.1 Å². The summed E-state index contributed by atoms with van der Waals surface area (Å²) >= 11 is 12.3. The minimum Gasteiger partial charge on any atom is -0.495 e. The van der Waals surface area contributed by atoms with Gasteiger partial charge in [0.25, 0.3) is 0 Å². The molecule has 0 radical (unpaired) electrons. The molecule has 1 N–H and O–H groups in total. The number of thiocarbonyl (C=S) groups is 1. The van der Waals surface area contributed by atoms with Crippen molar-refractivity contribution >= 4 is 40.3 Å². The number of nitrogens with zero attached hydrogens (tertiary/aromatic N) is 4. The zero-order valence-corrected chi connectivity index (χ0v) is 23.1. The van der Waals surface area contributed by atoms with Crippen molar-refractivity contribution in [3.8, 4) is 11.4 Å². The van der Waals surface area contributed by atoms with Crippen LogP contribution in [0.25, 0.3) is 5.69 Å². The van der Waals surface area contributed by atoms with E-state index < -0.39 is 0 Å². The molecule has 5 rings (SSSR count).